The lowest BCUT2D eigenvalue weighted by Crippen LogP contribution is -2.57. The number of nitrogens with zero attached hydrogens (tertiary/aromatic N) is 4. The molecule has 1 aromatic carbocycles. The first-order valence-corrected chi connectivity index (χ1v) is 11.2. The third kappa shape index (κ3) is 5.23. The van der Waals surface area contributed by atoms with E-state index in [1.165, 1.54) is 16.1 Å². The number of aromatic nitrogens is 1. The number of ether oxygens (including phenoxy) is 2. The van der Waals surface area contributed by atoms with E-state index in [0.29, 0.717) is 19.4 Å². The largest absolute Gasteiger partial charge is 0.492 e. The number of rotatable bonds is 8. The number of hydrogen-bond acceptors (Lipinski definition) is 7. The Bertz CT molecular complexity index is 1140. The van der Waals surface area contributed by atoms with Crippen molar-refractivity contribution < 1.29 is 28.2 Å². The second kappa shape index (κ2) is 10.1. The van der Waals surface area contributed by atoms with Crippen molar-refractivity contribution in [3.63, 3.8) is 0 Å². The van der Waals surface area contributed by atoms with Crippen molar-refractivity contribution in [2.24, 2.45) is 16.3 Å². The molecular weight excluding hydrogens is 457 g/mol. The number of pyridine rings is 1. The Kier molecular flexibility index (Phi) is 6.94. The van der Waals surface area contributed by atoms with Gasteiger partial charge in [0.2, 0.25) is 0 Å². The molecule has 2 atom stereocenters. The molecule has 2 aromatic rings. The van der Waals surface area contributed by atoms with Crippen LogP contribution in [0.1, 0.15) is 18.4 Å². The summed E-state index contributed by atoms with van der Waals surface area (Å²) in [4.78, 5) is 43.4. The quantitative estimate of drug-likeness (QED) is 0.609. The first-order valence-electron chi connectivity index (χ1n) is 11.2. The Morgan fingerprint density at radius 2 is 2.03 bits per heavy atom. The van der Waals surface area contributed by atoms with Gasteiger partial charge in [0.1, 0.15) is 17.0 Å². The third-order valence-corrected chi connectivity index (χ3v) is 6.13. The molecule has 184 valence electrons. The van der Waals surface area contributed by atoms with Gasteiger partial charge in [-0.25, -0.2) is 14.2 Å². The molecule has 2 aliphatic heterocycles. The molecule has 11 heteroatoms. The third-order valence-electron chi connectivity index (χ3n) is 6.13. The average Bonchev–Trinajstić information content (AvgIpc) is 3.07. The maximum atomic E-state index is 13.4. The summed E-state index contributed by atoms with van der Waals surface area (Å²) in [5, 5.41) is 5.76. The molecule has 3 heterocycles. The zero-order valence-electron chi connectivity index (χ0n) is 19.2. The van der Waals surface area contributed by atoms with Gasteiger partial charge < -0.3 is 20.1 Å². The van der Waals surface area contributed by atoms with Crippen molar-refractivity contribution >= 4 is 23.6 Å². The molecule has 2 N–H and O–H groups in total. The molecule has 1 aromatic heterocycles. The zero-order chi connectivity index (χ0) is 25.0. The standard InChI is InChI=1S/C24H26FN5O5/c1-29-22(32)24(12-16-5-3-2-4-6-16)15-30(9-7-20(24)28-29)21(31)19(35-23(26)33)8-10-34-18-11-17(25)13-27-14-18/h2-6,11,13-14,19H,7-10,12,15H2,1H3,(H2,26,33)/t19-,24-/m1/s1. The van der Waals surface area contributed by atoms with Crippen molar-refractivity contribution in [2.45, 2.75) is 25.4 Å². The normalized spacial score (nSPS) is 20.2. The van der Waals surface area contributed by atoms with Gasteiger partial charge in [0.05, 0.1) is 24.7 Å². The Morgan fingerprint density at radius 1 is 1.26 bits per heavy atom. The Hall–Kier alpha value is -4.02. The molecule has 0 aliphatic carbocycles. The van der Waals surface area contributed by atoms with Gasteiger partial charge in [0.15, 0.2) is 6.10 Å². The lowest BCUT2D eigenvalue weighted by Gasteiger charge is -2.40. The van der Waals surface area contributed by atoms with Gasteiger partial charge >= 0.3 is 6.09 Å². The van der Waals surface area contributed by atoms with Crippen LogP contribution in [0.25, 0.3) is 0 Å². The van der Waals surface area contributed by atoms with Gasteiger partial charge in [-0.05, 0) is 12.0 Å². The predicted molar refractivity (Wildman–Crippen MR) is 123 cm³/mol. The summed E-state index contributed by atoms with van der Waals surface area (Å²) in [5.41, 5.74) is 5.88. The highest BCUT2D eigenvalue weighted by molar-refractivity contribution is 6.13. The number of nitrogens with two attached hydrogens (primary N) is 1. The molecule has 10 nitrogen and oxygen atoms in total. The van der Waals surface area contributed by atoms with Crippen molar-refractivity contribution in [2.75, 3.05) is 26.7 Å². The number of likely N-dealkylation sites (tertiary alicyclic amines) is 1. The Labute approximate surface area is 201 Å². The number of carbonyl (C=O) groups is 3. The van der Waals surface area contributed by atoms with Crippen molar-refractivity contribution in [1.82, 2.24) is 14.9 Å². The van der Waals surface area contributed by atoms with E-state index in [2.05, 4.69) is 10.1 Å². The molecule has 1 saturated heterocycles. The molecule has 3 amide bonds. The van der Waals surface area contributed by atoms with Gasteiger partial charge in [0, 0.05) is 39.0 Å². The number of benzene rings is 1. The number of fused-ring (bicyclic) bond motifs is 1. The van der Waals surface area contributed by atoms with Crippen LogP contribution in [0.2, 0.25) is 0 Å². The molecule has 0 bridgehead atoms. The second-order valence-electron chi connectivity index (χ2n) is 8.53. The van der Waals surface area contributed by atoms with Crippen LogP contribution in [-0.2, 0) is 20.7 Å². The van der Waals surface area contributed by atoms with E-state index in [1.54, 1.807) is 7.05 Å². The maximum Gasteiger partial charge on any atom is 0.405 e. The minimum atomic E-state index is -1.23. The van der Waals surface area contributed by atoms with Crippen LogP contribution >= 0.6 is 0 Å². The summed E-state index contributed by atoms with van der Waals surface area (Å²) in [7, 11) is 1.60. The van der Waals surface area contributed by atoms with Crippen LogP contribution < -0.4 is 10.5 Å². The Morgan fingerprint density at radius 3 is 2.74 bits per heavy atom. The van der Waals surface area contributed by atoms with Gasteiger partial charge in [-0.3, -0.25) is 14.6 Å². The molecular formula is C24H26FN5O5. The number of carbonyl (C=O) groups excluding carboxylic acids is 3. The summed E-state index contributed by atoms with van der Waals surface area (Å²) in [5.74, 6) is -1.07. The van der Waals surface area contributed by atoms with E-state index in [0.717, 1.165) is 23.5 Å². The first-order chi connectivity index (χ1) is 16.8. The second-order valence-corrected chi connectivity index (χ2v) is 8.53. The molecule has 1 fully saturated rings. The summed E-state index contributed by atoms with van der Waals surface area (Å²) in [6, 6.07) is 10.7. The van der Waals surface area contributed by atoms with Crippen LogP contribution in [-0.4, -0.2) is 71.4 Å². The van der Waals surface area contributed by atoms with Gasteiger partial charge in [-0.1, -0.05) is 30.3 Å². The number of halogens is 1. The van der Waals surface area contributed by atoms with E-state index >= 15 is 0 Å². The fourth-order valence-electron chi connectivity index (χ4n) is 4.55. The fraction of sp³-hybridized carbons (Fsp3) is 0.375. The van der Waals surface area contributed by atoms with E-state index in [1.807, 2.05) is 30.3 Å². The highest BCUT2D eigenvalue weighted by Gasteiger charge is 2.54. The average molecular weight is 484 g/mol. The van der Waals surface area contributed by atoms with Crippen LogP contribution in [0.5, 0.6) is 5.75 Å². The molecule has 4 rings (SSSR count). The zero-order valence-corrected chi connectivity index (χ0v) is 19.2. The van der Waals surface area contributed by atoms with Crippen molar-refractivity contribution in [3.8, 4) is 5.75 Å². The van der Waals surface area contributed by atoms with Crippen molar-refractivity contribution in [3.05, 3.63) is 60.2 Å². The highest BCUT2D eigenvalue weighted by atomic mass is 19.1. The van der Waals surface area contributed by atoms with Crippen molar-refractivity contribution in [1.29, 1.82) is 0 Å². The monoisotopic (exact) mass is 483 g/mol. The Balaban J connectivity index is 1.50. The summed E-state index contributed by atoms with van der Waals surface area (Å²) < 4.78 is 23.9. The predicted octanol–water partition coefficient (Wildman–Crippen LogP) is 1.74. The van der Waals surface area contributed by atoms with E-state index in [4.69, 9.17) is 15.2 Å². The number of amides is 3. The number of piperidine rings is 1. The molecule has 35 heavy (non-hydrogen) atoms. The van der Waals surface area contributed by atoms with E-state index in [9.17, 15) is 18.8 Å². The van der Waals surface area contributed by atoms with Gasteiger partial charge in [0.25, 0.3) is 11.8 Å². The van der Waals surface area contributed by atoms with Gasteiger partial charge in [-0.2, -0.15) is 5.10 Å². The van der Waals surface area contributed by atoms with Crippen LogP contribution in [0.15, 0.2) is 53.9 Å². The van der Waals surface area contributed by atoms with E-state index in [-0.39, 0.29) is 31.2 Å². The number of primary amides is 1. The maximum absolute atomic E-state index is 13.4. The van der Waals surface area contributed by atoms with Crippen LogP contribution in [0.4, 0.5) is 9.18 Å². The molecule has 0 radical (unpaired) electrons. The summed E-state index contributed by atoms with van der Waals surface area (Å²) in [6.07, 6.45) is 0.808. The molecule has 0 unspecified atom stereocenters. The van der Waals surface area contributed by atoms with Crippen LogP contribution in [0, 0.1) is 11.2 Å². The molecule has 0 saturated carbocycles. The molecule has 2 aliphatic rings. The fourth-order valence-corrected chi connectivity index (χ4v) is 4.55. The highest BCUT2D eigenvalue weighted by Crippen LogP contribution is 2.38. The van der Waals surface area contributed by atoms with E-state index < -0.39 is 29.3 Å². The number of hydrazone groups is 1. The molecule has 0 spiro atoms. The lowest BCUT2D eigenvalue weighted by atomic mass is 9.73. The van der Waals surface area contributed by atoms with Crippen LogP contribution in [0.3, 0.4) is 0 Å². The minimum Gasteiger partial charge on any atom is -0.492 e. The SMILES string of the molecule is CN1N=C2CCN(C(=O)[C@@H](CCOc3cncc(F)c3)OC(N)=O)C[C@@]2(Cc2ccccc2)C1=O. The smallest absolute Gasteiger partial charge is 0.405 e. The summed E-state index contributed by atoms with van der Waals surface area (Å²) >= 11 is 0. The number of hydrogen-bond donors (Lipinski definition) is 1. The lowest BCUT2D eigenvalue weighted by molar-refractivity contribution is -0.145. The van der Waals surface area contributed by atoms with Gasteiger partial charge in [-0.15, -0.1) is 0 Å². The summed E-state index contributed by atoms with van der Waals surface area (Å²) in [6.45, 7) is 0.352. The minimum absolute atomic E-state index is 0.0186. The first kappa shape index (κ1) is 24.1. The topological polar surface area (TPSA) is 127 Å².